The molecule has 3 aromatic rings. The summed E-state index contributed by atoms with van der Waals surface area (Å²) in [5.74, 6) is 0. The van der Waals surface area contributed by atoms with Gasteiger partial charge in [-0.25, -0.2) is 0 Å². The normalized spacial score (nSPS) is 19.2. The minimum absolute atomic E-state index is 0.143. The third-order valence-electron chi connectivity index (χ3n) is 6.81. The summed E-state index contributed by atoms with van der Waals surface area (Å²) in [6.45, 7) is 0. The van der Waals surface area contributed by atoms with Gasteiger partial charge in [-0.15, -0.1) is 0 Å². The van der Waals surface area contributed by atoms with E-state index in [2.05, 4.69) is 78.5 Å². The second-order valence-electron chi connectivity index (χ2n) is 8.32. The van der Waals surface area contributed by atoms with Crippen molar-refractivity contribution in [2.75, 3.05) is 0 Å². The van der Waals surface area contributed by atoms with Gasteiger partial charge in [-0.1, -0.05) is 0 Å². The van der Waals surface area contributed by atoms with E-state index in [1.54, 1.807) is 0 Å². The quantitative estimate of drug-likeness (QED) is 0.296. The number of hydrogen-bond donors (Lipinski definition) is 0. The molecule has 0 spiro atoms. The van der Waals surface area contributed by atoms with Crippen LogP contribution in [0.15, 0.2) is 72.5 Å². The average molecular weight is 498 g/mol. The van der Waals surface area contributed by atoms with Crippen molar-refractivity contribution in [3.05, 3.63) is 94.8 Å². The van der Waals surface area contributed by atoms with Crippen LogP contribution in [-0.4, -0.2) is 4.57 Å². The first-order valence-electron chi connectivity index (χ1n) is 10.2. The number of aryl methyl sites for hydroxylation is 1. The van der Waals surface area contributed by atoms with Crippen LogP contribution in [0.2, 0.25) is 0 Å². The van der Waals surface area contributed by atoms with E-state index in [1.807, 2.05) is 0 Å². The van der Waals surface area contributed by atoms with Crippen molar-refractivity contribution in [1.82, 2.24) is 4.57 Å². The van der Waals surface area contributed by atoms with Crippen LogP contribution in [0.4, 0.5) is 0 Å². The molecule has 0 radical (unpaired) electrons. The zero-order valence-electron chi connectivity index (χ0n) is 16.3. The predicted octanol–water partition coefficient (Wildman–Crippen LogP) is 6.54. The average Bonchev–Trinajstić information content (AvgIpc) is 3.39. The summed E-state index contributed by atoms with van der Waals surface area (Å²) in [5.41, 5.74) is 10.9. The van der Waals surface area contributed by atoms with E-state index in [0.717, 1.165) is 19.3 Å². The summed E-state index contributed by atoms with van der Waals surface area (Å²) in [6, 6.07) is 17.6. The summed E-state index contributed by atoms with van der Waals surface area (Å²) < 4.78 is 3.64. The SMILES string of the molecule is Cn1ccc2c1[CH]([Zr]([Cl])([Cl])[c]1cccc3c1Cc1ccccc1-3)C1=C2CCC=C1. The molecule has 6 rings (SSSR count). The molecule has 0 aliphatic heterocycles. The Hall–Kier alpha value is -1.34. The number of aromatic nitrogens is 1. The Morgan fingerprint density at radius 2 is 1.79 bits per heavy atom. The molecule has 1 heterocycles. The van der Waals surface area contributed by atoms with Crippen molar-refractivity contribution < 1.29 is 17.9 Å². The van der Waals surface area contributed by atoms with E-state index >= 15 is 0 Å². The predicted molar refractivity (Wildman–Crippen MR) is 119 cm³/mol. The molecule has 0 amide bonds. The van der Waals surface area contributed by atoms with E-state index in [-0.39, 0.29) is 3.63 Å². The van der Waals surface area contributed by atoms with Crippen LogP contribution in [0.25, 0.3) is 16.7 Å². The standard InChI is InChI=1S/C13H9.C12H12N.2ClH.Zr/c1-3-7-12-10(5-1)9-11-6-2-4-8-13(11)12;1-13-7-6-11-10-5-3-2-4-9(10)8-12(11)13;;;/h1-5,7-8H,9H2;2,4,6-8H,3,5H2,1H3;2*1H;/q;;;;+2/p-2. The summed E-state index contributed by atoms with van der Waals surface area (Å²) in [4.78, 5) is 0. The van der Waals surface area contributed by atoms with Gasteiger partial charge < -0.3 is 0 Å². The van der Waals surface area contributed by atoms with Gasteiger partial charge in [-0.05, 0) is 0 Å². The second-order valence-corrected chi connectivity index (χ2v) is 22.3. The van der Waals surface area contributed by atoms with Crippen LogP contribution in [0.1, 0.15) is 38.9 Å². The zero-order chi connectivity index (χ0) is 19.8. The molecule has 3 aliphatic carbocycles. The third kappa shape index (κ3) is 2.56. The molecule has 1 atom stereocenters. The molecule has 1 nitrogen and oxygen atoms in total. The Morgan fingerprint density at radius 3 is 2.69 bits per heavy atom. The molecular weight excluding hydrogens is 476 g/mol. The van der Waals surface area contributed by atoms with Crippen molar-refractivity contribution >= 4 is 25.9 Å². The van der Waals surface area contributed by atoms with Crippen molar-refractivity contribution in [3.63, 3.8) is 0 Å². The molecule has 4 heteroatoms. The zero-order valence-corrected chi connectivity index (χ0v) is 20.2. The third-order valence-corrected chi connectivity index (χ3v) is 17.9. The van der Waals surface area contributed by atoms with Gasteiger partial charge >= 0.3 is 184 Å². The van der Waals surface area contributed by atoms with E-state index in [9.17, 15) is 0 Å². The Kier molecular flexibility index (Phi) is 4.18. The van der Waals surface area contributed by atoms with Crippen LogP contribution in [-0.2, 0) is 31.3 Å². The number of allylic oxidation sites excluding steroid dienone is 4. The fourth-order valence-corrected chi connectivity index (χ4v) is 16.7. The van der Waals surface area contributed by atoms with Crippen LogP contribution in [0.5, 0.6) is 0 Å². The van der Waals surface area contributed by atoms with Crippen LogP contribution >= 0.6 is 17.0 Å². The van der Waals surface area contributed by atoms with Crippen LogP contribution in [0.3, 0.4) is 0 Å². The van der Waals surface area contributed by atoms with Gasteiger partial charge in [0.1, 0.15) is 0 Å². The molecule has 2 aromatic carbocycles. The van der Waals surface area contributed by atoms with Gasteiger partial charge in [-0.2, -0.15) is 0 Å². The summed E-state index contributed by atoms with van der Waals surface area (Å²) in [7, 11) is 17.3. The fourth-order valence-electron chi connectivity index (χ4n) is 5.54. The van der Waals surface area contributed by atoms with Crippen molar-refractivity contribution in [3.8, 4) is 11.1 Å². The van der Waals surface area contributed by atoms with Crippen LogP contribution in [0, 0.1) is 0 Å². The monoisotopic (exact) mass is 495 g/mol. The molecule has 1 aromatic heterocycles. The first kappa shape index (κ1) is 18.4. The Labute approximate surface area is 183 Å². The van der Waals surface area contributed by atoms with E-state index < -0.39 is 17.9 Å². The summed E-state index contributed by atoms with van der Waals surface area (Å²) >= 11 is -3.83. The molecule has 3 aliphatic rings. The number of halogens is 2. The molecular formula is C25H21Cl2NZr. The molecule has 0 saturated heterocycles. The number of nitrogens with zero attached hydrogens (tertiary/aromatic N) is 1. The Morgan fingerprint density at radius 1 is 0.966 bits per heavy atom. The van der Waals surface area contributed by atoms with Gasteiger partial charge in [0.25, 0.3) is 0 Å². The van der Waals surface area contributed by atoms with Gasteiger partial charge in [0, 0.05) is 0 Å². The molecule has 144 valence electrons. The molecule has 0 N–H and O–H groups in total. The summed E-state index contributed by atoms with van der Waals surface area (Å²) in [5, 5.41) is 0. The van der Waals surface area contributed by atoms with E-state index in [4.69, 9.17) is 17.0 Å². The number of hydrogen-bond acceptors (Lipinski definition) is 0. The number of fused-ring (bicyclic) bond motifs is 5. The summed E-state index contributed by atoms with van der Waals surface area (Å²) in [6.07, 6.45) is 9.89. The van der Waals surface area contributed by atoms with Gasteiger partial charge in [0.05, 0.1) is 0 Å². The van der Waals surface area contributed by atoms with Gasteiger partial charge in [0.15, 0.2) is 0 Å². The molecule has 0 saturated carbocycles. The molecule has 29 heavy (non-hydrogen) atoms. The minimum atomic E-state index is -3.83. The first-order valence-corrected chi connectivity index (χ1v) is 19.2. The van der Waals surface area contributed by atoms with E-state index in [0.29, 0.717) is 0 Å². The topological polar surface area (TPSA) is 4.93 Å². The number of rotatable bonds is 2. The van der Waals surface area contributed by atoms with Crippen LogP contribution < -0.4 is 3.27 Å². The van der Waals surface area contributed by atoms with Crippen molar-refractivity contribution in [1.29, 1.82) is 0 Å². The Balaban J connectivity index is 1.55. The molecule has 0 fully saturated rings. The first-order chi connectivity index (χ1) is 14.1. The van der Waals surface area contributed by atoms with Gasteiger partial charge in [0.2, 0.25) is 0 Å². The fraction of sp³-hybridized carbons (Fsp3) is 0.200. The van der Waals surface area contributed by atoms with Crippen molar-refractivity contribution in [2.24, 2.45) is 7.05 Å². The maximum absolute atomic E-state index is 7.56. The second kappa shape index (κ2) is 6.58. The molecule has 1 unspecified atom stereocenters. The van der Waals surface area contributed by atoms with Gasteiger partial charge in [-0.3, -0.25) is 0 Å². The molecule has 0 bridgehead atoms. The Bertz CT molecular complexity index is 1230. The number of benzene rings is 2. The maximum atomic E-state index is 7.56. The van der Waals surface area contributed by atoms with Crippen molar-refractivity contribution in [2.45, 2.75) is 22.9 Å². The van der Waals surface area contributed by atoms with E-state index in [1.165, 1.54) is 47.9 Å².